The molecule has 0 atom stereocenters. The molecule has 0 aliphatic carbocycles. The topological polar surface area (TPSA) is 75.9 Å². The lowest BCUT2D eigenvalue weighted by atomic mass is 9.95. The minimum atomic E-state index is 0.0596. The molecule has 0 unspecified atom stereocenters. The van der Waals surface area contributed by atoms with Gasteiger partial charge in [0.1, 0.15) is 5.52 Å². The first kappa shape index (κ1) is 20.3. The number of piperidine rings is 1. The summed E-state index contributed by atoms with van der Waals surface area (Å²) in [4.78, 5) is 14.6. The Morgan fingerprint density at radius 3 is 2.37 bits per heavy atom. The summed E-state index contributed by atoms with van der Waals surface area (Å²) in [7, 11) is 0. The Hall–Kier alpha value is -2.96. The van der Waals surface area contributed by atoms with Crippen molar-refractivity contribution in [2.24, 2.45) is 5.92 Å². The normalized spacial score (nSPS) is 15.2. The third-order valence-electron chi connectivity index (χ3n) is 5.86. The third-order valence-corrected chi connectivity index (χ3v) is 5.86. The van der Waals surface area contributed by atoms with Crippen molar-refractivity contribution in [2.45, 2.75) is 53.5 Å². The van der Waals surface area contributed by atoms with Crippen LogP contribution in [0.1, 0.15) is 43.6 Å². The van der Waals surface area contributed by atoms with Crippen LogP contribution in [0.4, 0.5) is 5.82 Å². The molecule has 1 fully saturated rings. The van der Waals surface area contributed by atoms with Gasteiger partial charge in [0.25, 0.3) is 0 Å². The zero-order chi connectivity index (χ0) is 21.4. The van der Waals surface area contributed by atoms with Gasteiger partial charge >= 0.3 is 0 Å². The van der Waals surface area contributed by atoms with Gasteiger partial charge in [-0.05, 0) is 59.6 Å². The van der Waals surface area contributed by atoms with Crippen LogP contribution in [-0.4, -0.2) is 45.0 Å². The number of aryl methyl sites for hydroxylation is 3. The quantitative estimate of drug-likeness (QED) is 0.718. The molecule has 4 rings (SSSR count). The van der Waals surface area contributed by atoms with Crippen molar-refractivity contribution < 1.29 is 4.79 Å². The zero-order valence-corrected chi connectivity index (χ0v) is 18.4. The molecule has 0 bridgehead atoms. The fourth-order valence-electron chi connectivity index (χ4n) is 4.22. The van der Waals surface area contributed by atoms with E-state index in [1.54, 1.807) is 0 Å². The monoisotopic (exact) mass is 406 g/mol. The molecule has 1 aliphatic heterocycles. The van der Waals surface area contributed by atoms with E-state index in [0.29, 0.717) is 0 Å². The summed E-state index contributed by atoms with van der Waals surface area (Å²) >= 11 is 0. The molecule has 1 N–H and O–H groups in total. The van der Waals surface area contributed by atoms with Crippen molar-refractivity contribution in [1.29, 1.82) is 0 Å². The standard InChI is InChI=1S/C23H30N6O/c1-14(2)24-23(30)18-10-12-28(13-11-18)22-21-20(16(4)25-26-22)17(5)29(27-21)19-8-6-15(3)7-9-19/h6-9,14,18H,10-13H2,1-5H3,(H,24,30). The molecule has 7 nitrogen and oxygen atoms in total. The number of fused-ring (bicyclic) bond motifs is 1. The summed E-state index contributed by atoms with van der Waals surface area (Å²) < 4.78 is 1.98. The van der Waals surface area contributed by atoms with Crippen molar-refractivity contribution in [3.63, 3.8) is 0 Å². The minimum Gasteiger partial charge on any atom is -0.354 e. The molecule has 3 aromatic rings. The van der Waals surface area contributed by atoms with Crippen LogP contribution in [0.15, 0.2) is 24.3 Å². The van der Waals surface area contributed by atoms with Gasteiger partial charge in [0, 0.05) is 25.0 Å². The molecule has 1 saturated heterocycles. The van der Waals surface area contributed by atoms with E-state index in [-0.39, 0.29) is 17.9 Å². The lowest BCUT2D eigenvalue weighted by molar-refractivity contribution is -0.126. The molecule has 2 aromatic heterocycles. The second-order valence-corrected chi connectivity index (χ2v) is 8.59. The Morgan fingerprint density at radius 2 is 1.73 bits per heavy atom. The van der Waals surface area contributed by atoms with Gasteiger partial charge in [-0.1, -0.05) is 17.7 Å². The van der Waals surface area contributed by atoms with Crippen LogP contribution in [-0.2, 0) is 4.79 Å². The van der Waals surface area contributed by atoms with E-state index >= 15 is 0 Å². The number of carbonyl (C=O) groups is 1. The largest absolute Gasteiger partial charge is 0.354 e. The molecule has 0 saturated carbocycles. The Bertz CT molecular complexity index is 1060. The Balaban J connectivity index is 1.64. The van der Waals surface area contributed by atoms with Crippen molar-refractivity contribution in [3.8, 4) is 5.69 Å². The number of nitrogens with zero attached hydrogens (tertiary/aromatic N) is 5. The number of nitrogens with one attached hydrogen (secondary N) is 1. The highest BCUT2D eigenvalue weighted by molar-refractivity contribution is 5.92. The molecular formula is C23H30N6O. The van der Waals surface area contributed by atoms with Crippen LogP contribution in [0.3, 0.4) is 0 Å². The minimum absolute atomic E-state index is 0.0596. The van der Waals surface area contributed by atoms with Crippen LogP contribution >= 0.6 is 0 Å². The van der Waals surface area contributed by atoms with Gasteiger partial charge in [-0.15, -0.1) is 5.10 Å². The summed E-state index contributed by atoms with van der Waals surface area (Å²) in [6.07, 6.45) is 1.63. The van der Waals surface area contributed by atoms with E-state index in [4.69, 9.17) is 5.10 Å². The van der Waals surface area contributed by atoms with E-state index in [1.807, 2.05) is 25.5 Å². The number of amides is 1. The highest BCUT2D eigenvalue weighted by Gasteiger charge is 2.28. The molecule has 0 radical (unpaired) electrons. The van der Waals surface area contributed by atoms with E-state index in [1.165, 1.54) is 5.56 Å². The number of rotatable bonds is 4. The van der Waals surface area contributed by atoms with Gasteiger partial charge in [0.05, 0.1) is 22.5 Å². The maximum Gasteiger partial charge on any atom is 0.223 e. The molecule has 158 valence electrons. The molecular weight excluding hydrogens is 376 g/mol. The Labute approximate surface area is 177 Å². The maximum absolute atomic E-state index is 12.4. The summed E-state index contributed by atoms with van der Waals surface area (Å²) in [5, 5.41) is 18.0. The molecule has 7 heteroatoms. The molecule has 3 heterocycles. The van der Waals surface area contributed by atoms with Gasteiger partial charge in [-0.3, -0.25) is 4.79 Å². The average molecular weight is 407 g/mol. The van der Waals surface area contributed by atoms with Crippen LogP contribution < -0.4 is 10.2 Å². The lowest BCUT2D eigenvalue weighted by Gasteiger charge is -2.32. The van der Waals surface area contributed by atoms with Crippen LogP contribution in [0.25, 0.3) is 16.6 Å². The Morgan fingerprint density at radius 1 is 1.07 bits per heavy atom. The second-order valence-electron chi connectivity index (χ2n) is 8.59. The molecule has 1 amide bonds. The van der Waals surface area contributed by atoms with Gasteiger partial charge < -0.3 is 10.2 Å². The Kier molecular flexibility index (Phi) is 5.45. The molecule has 1 aromatic carbocycles. The smallest absolute Gasteiger partial charge is 0.223 e. The van der Waals surface area contributed by atoms with Crippen molar-refractivity contribution in [1.82, 2.24) is 25.3 Å². The van der Waals surface area contributed by atoms with Gasteiger partial charge in [0.2, 0.25) is 5.91 Å². The fourth-order valence-corrected chi connectivity index (χ4v) is 4.22. The first-order valence-electron chi connectivity index (χ1n) is 10.7. The number of hydrogen-bond acceptors (Lipinski definition) is 5. The summed E-state index contributed by atoms with van der Waals surface area (Å²) in [6.45, 7) is 11.7. The number of carbonyl (C=O) groups excluding carboxylic acids is 1. The average Bonchev–Trinajstić information content (AvgIpc) is 3.07. The predicted octanol–water partition coefficient (Wildman–Crippen LogP) is 3.48. The molecule has 30 heavy (non-hydrogen) atoms. The summed E-state index contributed by atoms with van der Waals surface area (Å²) in [6, 6.07) is 8.54. The predicted molar refractivity (Wildman–Crippen MR) is 119 cm³/mol. The van der Waals surface area contributed by atoms with E-state index in [2.05, 4.69) is 58.5 Å². The number of benzene rings is 1. The van der Waals surface area contributed by atoms with Crippen molar-refractivity contribution in [2.75, 3.05) is 18.0 Å². The van der Waals surface area contributed by atoms with E-state index in [0.717, 1.165) is 59.7 Å². The highest BCUT2D eigenvalue weighted by atomic mass is 16.1. The molecule has 0 spiro atoms. The lowest BCUT2D eigenvalue weighted by Crippen LogP contribution is -2.42. The summed E-state index contributed by atoms with van der Waals surface area (Å²) in [5.41, 5.74) is 5.08. The van der Waals surface area contributed by atoms with Gasteiger partial charge in [0.15, 0.2) is 5.82 Å². The van der Waals surface area contributed by atoms with Crippen LogP contribution in [0.2, 0.25) is 0 Å². The number of hydrogen-bond donors (Lipinski definition) is 1. The second kappa shape index (κ2) is 8.05. The van der Waals surface area contributed by atoms with E-state index < -0.39 is 0 Å². The van der Waals surface area contributed by atoms with Gasteiger partial charge in [-0.25, -0.2) is 4.68 Å². The van der Waals surface area contributed by atoms with E-state index in [9.17, 15) is 4.79 Å². The summed E-state index contributed by atoms with van der Waals surface area (Å²) in [5.74, 6) is 1.03. The number of aromatic nitrogens is 4. The maximum atomic E-state index is 12.4. The first-order valence-corrected chi connectivity index (χ1v) is 10.7. The third kappa shape index (κ3) is 3.76. The van der Waals surface area contributed by atoms with Crippen molar-refractivity contribution in [3.05, 3.63) is 41.2 Å². The van der Waals surface area contributed by atoms with Crippen LogP contribution in [0.5, 0.6) is 0 Å². The SMILES string of the molecule is Cc1ccc(-n2nc3c(N4CCC(C(=O)NC(C)C)CC4)nnc(C)c3c2C)cc1. The van der Waals surface area contributed by atoms with Crippen LogP contribution in [0, 0.1) is 26.7 Å². The number of anilines is 1. The fraction of sp³-hybridized carbons (Fsp3) is 0.478. The highest BCUT2D eigenvalue weighted by Crippen LogP contribution is 2.31. The van der Waals surface area contributed by atoms with Gasteiger partial charge in [-0.2, -0.15) is 10.2 Å². The van der Waals surface area contributed by atoms with Crippen molar-refractivity contribution >= 4 is 22.6 Å². The molecule has 1 aliphatic rings. The zero-order valence-electron chi connectivity index (χ0n) is 18.4. The first-order chi connectivity index (χ1) is 14.3.